The van der Waals surface area contributed by atoms with Gasteiger partial charge in [-0.2, -0.15) is 0 Å². The molecule has 2 heterocycles. The third kappa shape index (κ3) is 6.18. The zero-order valence-electron chi connectivity index (χ0n) is 35.4. The molecule has 12 rings (SSSR count). The zero-order valence-corrected chi connectivity index (χ0v) is 35.4. The molecule has 8 aromatic rings. The van der Waals surface area contributed by atoms with Gasteiger partial charge in [0, 0.05) is 70.2 Å². The summed E-state index contributed by atoms with van der Waals surface area (Å²) in [6.45, 7) is 0. The van der Waals surface area contributed by atoms with E-state index in [2.05, 4.69) is 0 Å². The van der Waals surface area contributed by atoms with Gasteiger partial charge in [0.25, 0.3) is 0 Å². The molecule has 0 fully saturated rings. The second-order valence-electron chi connectivity index (χ2n) is 18.1. The molecule has 0 amide bonds. The molecule has 0 saturated carbocycles. The molecular weight excluding hydrogens is 849 g/mol. The van der Waals surface area contributed by atoms with Crippen LogP contribution in [0.15, 0.2) is 152 Å². The molecule has 9 N–H and O–H groups in total. The SMILES string of the molecule is Oc1ccc(C2Oc3cc(O)c4c(c3C2c2cc(O)cc(O)c2)C2C(c3ccccc3)c3c(O)cc5c(c3C2C4c2ccc(O)cc2)C(c2cc(O)cc(O)c2)C(c2ccc(O)cc2)O5)cc1. The van der Waals surface area contributed by atoms with Crippen molar-refractivity contribution in [2.45, 2.75) is 47.7 Å². The maximum Gasteiger partial charge on any atom is 0.135 e. The summed E-state index contributed by atoms with van der Waals surface area (Å²) in [6, 6.07) is 42.1. The van der Waals surface area contributed by atoms with Gasteiger partial charge in [-0.15, -0.1) is 0 Å². The van der Waals surface area contributed by atoms with Gasteiger partial charge < -0.3 is 55.4 Å². The van der Waals surface area contributed by atoms with E-state index in [0.29, 0.717) is 56.0 Å². The monoisotopic (exact) mass is 890 g/mol. The average molecular weight is 891 g/mol. The maximum atomic E-state index is 12.6. The molecule has 332 valence electrons. The van der Waals surface area contributed by atoms with Crippen molar-refractivity contribution in [3.8, 4) is 63.2 Å². The third-order valence-corrected chi connectivity index (χ3v) is 14.3. The van der Waals surface area contributed by atoms with Gasteiger partial charge in [0.05, 0.1) is 11.8 Å². The van der Waals surface area contributed by atoms with Gasteiger partial charge in [-0.25, -0.2) is 0 Å². The number of phenols is 9. The van der Waals surface area contributed by atoms with Gasteiger partial charge >= 0.3 is 0 Å². The Kier molecular flexibility index (Phi) is 8.85. The first-order valence-electron chi connectivity index (χ1n) is 22.0. The van der Waals surface area contributed by atoms with Crippen molar-refractivity contribution in [1.29, 1.82) is 0 Å². The van der Waals surface area contributed by atoms with Crippen LogP contribution in [-0.2, 0) is 0 Å². The summed E-state index contributed by atoms with van der Waals surface area (Å²) in [7, 11) is 0. The predicted octanol–water partition coefficient (Wildman–Crippen LogP) is 10.7. The Bertz CT molecular complexity index is 3240. The summed E-state index contributed by atoms with van der Waals surface area (Å²) in [5.41, 5.74) is 8.28. The van der Waals surface area contributed by atoms with Crippen LogP contribution >= 0.6 is 0 Å². The highest BCUT2D eigenvalue weighted by atomic mass is 16.5. The second kappa shape index (κ2) is 14.8. The topological polar surface area (TPSA) is 201 Å². The van der Waals surface area contributed by atoms with Crippen molar-refractivity contribution in [1.82, 2.24) is 0 Å². The van der Waals surface area contributed by atoms with E-state index in [-0.39, 0.29) is 51.7 Å². The molecule has 8 aromatic carbocycles. The minimum Gasteiger partial charge on any atom is -0.508 e. The second-order valence-corrected chi connectivity index (χ2v) is 18.1. The summed E-state index contributed by atoms with van der Waals surface area (Å²) in [6.07, 6.45) is -1.51. The normalized spacial score (nSPS) is 22.8. The van der Waals surface area contributed by atoms with E-state index in [4.69, 9.17) is 9.47 Å². The Hall–Kier alpha value is -8.44. The molecule has 0 radical (unpaired) electrons. The first-order valence-corrected chi connectivity index (χ1v) is 22.0. The van der Waals surface area contributed by atoms with Crippen molar-refractivity contribution in [2.75, 3.05) is 0 Å². The number of aromatic hydroxyl groups is 9. The molecule has 2 aliphatic carbocycles. The molecule has 11 heteroatoms. The van der Waals surface area contributed by atoms with E-state index in [1.165, 1.54) is 12.1 Å². The van der Waals surface area contributed by atoms with E-state index >= 15 is 0 Å². The highest BCUT2D eigenvalue weighted by molar-refractivity contribution is 5.75. The van der Waals surface area contributed by atoms with Crippen molar-refractivity contribution in [3.05, 3.63) is 218 Å². The van der Waals surface area contributed by atoms with Gasteiger partial charge in [-0.05, 0) is 105 Å². The van der Waals surface area contributed by atoms with Gasteiger partial charge in [-0.1, -0.05) is 66.7 Å². The van der Waals surface area contributed by atoms with E-state index in [9.17, 15) is 46.0 Å². The van der Waals surface area contributed by atoms with Crippen LogP contribution in [0.1, 0.15) is 114 Å². The van der Waals surface area contributed by atoms with Gasteiger partial charge in [0.1, 0.15) is 75.5 Å². The smallest absolute Gasteiger partial charge is 0.135 e. The number of rotatable bonds is 6. The number of ether oxygens (including phenoxy) is 2. The fourth-order valence-corrected chi connectivity index (χ4v) is 12.0. The van der Waals surface area contributed by atoms with Crippen LogP contribution in [0.2, 0.25) is 0 Å². The number of phenolic OH excluding ortho intramolecular Hbond substituents is 9. The summed E-state index contributed by atoms with van der Waals surface area (Å²) in [5.74, 6) is -3.42. The number of hydrogen-bond acceptors (Lipinski definition) is 11. The van der Waals surface area contributed by atoms with Crippen molar-refractivity contribution in [3.63, 3.8) is 0 Å². The lowest BCUT2D eigenvalue weighted by Gasteiger charge is -2.27. The highest BCUT2D eigenvalue weighted by Crippen LogP contribution is 2.74. The van der Waals surface area contributed by atoms with E-state index in [1.807, 2.05) is 42.5 Å². The largest absolute Gasteiger partial charge is 0.508 e. The Morgan fingerprint density at radius 2 is 0.612 bits per heavy atom. The van der Waals surface area contributed by atoms with E-state index in [0.717, 1.165) is 22.3 Å². The quantitative estimate of drug-likeness (QED) is 0.0769. The molecule has 4 aliphatic rings. The zero-order chi connectivity index (χ0) is 46.0. The van der Waals surface area contributed by atoms with Gasteiger partial charge in [-0.3, -0.25) is 0 Å². The molecule has 0 aromatic heterocycles. The van der Waals surface area contributed by atoms with Gasteiger partial charge in [0.2, 0.25) is 0 Å². The van der Waals surface area contributed by atoms with Crippen LogP contribution in [-0.4, -0.2) is 46.0 Å². The molecule has 67 heavy (non-hydrogen) atoms. The summed E-state index contributed by atoms with van der Waals surface area (Å²) in [5, 5.41) is 101. The fraction of sp³-hybridized carbons (Fsp3) is 0.143. The van der Waals surface area contributed by atoms with E-state index in [1.54, 1.807) is 97.1 Å². The lowest BCUT2D eigenvalue weighted by molar-refractivity contribution is 0.221. The predicted molar refractivity (Wildman–Crippen MR) is 246 cm³/mol. The van der Waals surface area contributed by atoms with Crippen molar-refractivity contribution >= 4 is 0 Å². The maximum absolute atomic E-state index is 12.6. The standard InChI is InChI=1S/C56H42O11/c57-32-12-6-27(7-13-32)44-48-40(65)25-42-50(46(31-20-37(62)23-38(63)21-31)56(67-42)29-10-16-34(59)17-11-29)54(48)51-43(26-4-2-1-3-5-26)47-39(64)24-41-49(53(47)52(44)51)45(30-18-35(60)22-36(61)19-30)55(66-41)28-8-14-33(58)15-9-28/h1-25,43-46,51-52,55-65H. The van der Waals surface area contributed by atoms with Crippen LogP contribution in [0.25, 0.3) is 0 Å². The van der Waals surface area contributed by atoms with Crippen molar-refractivity contribution in [2.24, 2.45) is 0 Å². The van der Waals surface area contributed by atoms with Crippen LogP contribution in [0.5, 0.6) is 63.2 Å². The molecule has 8 atom stereocenters. The summed E-state index contributed by atoms with van der Waals surface area (Å²) >= 11 is 0. The molecule has 11 nitrogen and oxygen atoms in total. The fourth-order valence-electron chi connectivity index (χ4n) is 12.0. The number of benzene rings is 8. The first-order chi connectivity index (χ1) is 32.4. The minimum atomic E-state index is -0.757. The molecule has 0 spiro atoms. The molecule has 8 unspecified atom stereocenters. The third-order valence-electron chi connectivity index (χ3n) is 14.3. The molecular formula is C56H42O11. The highest BCUT2D eigenvalue weighted by Gasteiger charge is 2.59. The Morgan fingerprint density at radius 3 is 0.985 bits per heavy atom. The lowest BCUT2D eigenvalue weighted by atomic mass is 9.74. The first kappa shape index (κ1) is 40.1. The van der Waals surface area contributed by atoms with Crippen LogP contribution in [0, 0.1) is 0 Å². The molecule has 0 saturated heterocycles. The van der Waals surface area contributed by atoms with Crippen molar-refractivity contribution < 1.29 is 55.4 Å². The van der Waals surface area contributed by atoms with E-state index < -0.39 is 47.7 Å². The molecule has 0 bridgehead atoms. The number of hydrogen-bond donors (Lipinski definition) is 9. The van der Waals surface area contributed by atoms with Gasteiger partial charge in [0.15, 0.2) is 0 Å². The minimum absolute atomic E-state index is 0.0173. The average Bonchev–Trinajstić information content (AvgIpc) is 4.05. The molecule has 2 aliphatic heterocycles. The Balaban J connectivity index is 1.19. The van der Waals surface area contributed by atoms with Crippen LogP contribution in [0.3, 0.4) is 0 Å². The Labute approximate surface area is 383 Å². The van der Waals surface area contributed by atoms with Crippen LogP contribution < -0.4 is 9.47 Å². The lowest BCUT2D eigenvalue weighted by Crippen LogP contribution is -2.15. The number of fused-ring (bicyclic) bond motifs is 9. The summed E-state index contributed by atoms with van der Waals surface area (Å²) in [4.78, 5) is 0. The summed E-state index contributed by atoms with van der Waals surface area (Å²) < 4.78 is 13.8. The van der Waals surface area contributed by atoms with Crippen LogP contribution in [0.4, 0.5) is 0 Å². The Morgan fingerprint density at radius 1 is 0.269 bits per heavy atom.